The van der Waals surface area contributed by atoms with Gasteiger partial charge in [0.15, 0.2) is 14.5 Å². The molecule has 2 rings (SSSR count). The van der Waals surface area contributed by atoms with E-state index < -0.39 is 44.2 Å². The Balaban J connectivity index is 2.21. The maximum atomic E-state index is 14.5. The van der Waals surface area contributed by atoms with Crippen LogP contribution in [0.25, 0.3) is 0 Å². The lowest BCUT2D eigenvalue weighted by molar-refractivity contribution is -0.112. The SMILES string of the molecule is CC(C)(C)[Si](C)(C)OC[C@]1(CF)C[C@H](F)[C@H](n2ccc(=O)[nH]c2=O)O1. The van der Waals surface area contributed by atoms with Gasteiger partial charge in [0.2, 0.25) is 0 Å². The van der Waals surface area contributed by atoms with Crippen LogP contribution in [0.1, 0.15) is 33.4 Å². The molecular weight excluding hydrogens is 350 g/mol. The van der Waals surface area contributed by atoms with Crippen LogP contribution < -0.4 is 11.2 Å². The van der Waals surface area contributed by atoms with E-state index in [1.54, 1.807) is 0 Å². The molecule has 9 heteroatoms. The van der Waals surface area contributed by atoms with Gasteiger partial charge in [-0.2, -0.15) is 0 Å². The number of hydrogen-bond donors (Lipinski definition) is 1. The third kappa shape index (κ3) is 4.09. The third-order valence-corrected chi connectivity index (χ3v) is 9.60. The quantitative estimate of drug-likeness (QED) is 0.802. The Hall–Kier alpha value is -1.32. The second-order valence-electron chi connectivity index (χ2n) is 8.11. The molecule has 1 aliphatic heterocycles. The second-order valence-corrected chi connectivity index (χ2v) is 12.9. The molecule has 3 atom stereocenters. The van der Waals surface area contributed by atoms with Gasteiger partial charge >= 0.3 is 5.69 Å². The number of ether oxygens (including phenoxy) is 1. The predicted molar refractivity (Wildman–Crippen MR) is 92.8 cm³/mol. The maximum Gasteiger partial charge on any atom is 0.330 e. The van der Waals surface area contributed by atoms with Crippen LogP contribution >= 0.6 is 0 Å². The Morgan fingerprint density at radius 3 is 2.60 bits per heavy atom. The van der Waals surface area contributed by atoms with Gasteiger partial charge < -0.3 is 9.16 Å². The van der Waals surface area contributed by atoms with E-state index in [9.17, 15) is 18.4 Å². The first-order chi connectivity index (χ1) is 11.4. The molecule has 1 N–H and O–H groups in total. The molecule has 0 aliphatic carbocycles. The fourth-order valence-corrected chi connectivity index (χ4v) is 3.50. The highest BCUT2D eigenvalue weighted by Gasteiger charge is 2.50. The number of aromatic amines is 1. The molecule has 0 radical (unpaired) electrons. The zero-order chi connectivity index (χ0) is 19.0. The molecular formula is C16H26F2N2O4Si. The van der Waals surface area contributed by atoms with E-state index in [-0.39, 0.29) is 18.1 Å². The van der Waals surface area contributed by atoms with Crippen LogP contribution in [0.4, 0.5) is 8.78 Å². The normalized spacial score (nSPS) is 27.6. The summed E-state index contributed by atoms with van der Waals surface area (Å²) >= 11 is 0. The van der Waals surface area contributed by atoms with Gasteiger partial charge in [-0.3, -0.25) is 14.3 Å². The van der Waals surface area contributed by atoms with Crippen LogP contribution in [-0.2, 0) is 9.16 Å². The van der Waals surface area contributed by atoms with Crippen molar-refractivity contribution in [3.05, 3.63) is 33.1 Å². The lowest BCUT2D eigenvalue weighted by atomic mass is 10.0. The molecule has 6 nitrogen and oxygen atoms in total. The molecule has 0 saturated carbocycles. The highest BCUT2D eigenvalue weighted by molar-refractivity contribution is 6.74. The molecule has 0 aromatic carbocycles. The third-order valence-electron chi connectivity index (χ3n) is 5.12. The fraction of sp³-hybridized carbons (Fsp3) is 0.750. The van der Waals surface area contributed by atoms with Crippen LogP contribution in [0.2, 0.25) is 18.1 Å². The summed E-state index contributed by atoms with van der Waals surface area (Å²) in [6.07, 6.45) is -1.93. The van der Waals surface area contributed by atoms with Crippen LogP contribution in [-0.4, -0.2) is 42.9 Å². The minimum Gasteiger partial charge on any atom is -0.414 e. The topological polar surface area (TPSA) is 73.3 Å². The summed E-state index contributed by atoms with van der Waals surface area (Å²) in [6, 6.07) is 1.10. The Bertz CT molecular complexity index is 728. The molecule has 0 spiro atoms. The standard InChI is InChI=1S/C16H26F2N2O4Si/c1-15(2,3)25(4,5)23-10-16(9-17)8-11(18)13(24-16)20-7-6-12(21)19-14(20)22/h6-7,11,13H,8-10H2,1-5H3,(H,19,21,22)/t11-,13+,16+/m0/s1. The van der Waals surface area contributed by atoms with E-state index in [0.29, 0.717) is 0 Å². The van der Waals surface area contributed by atoms with Gasteiger partial charge in [0.05, 0.1) is 6.61 Å². The average molecular weight is 376 g/mol. The number of aromatic nitrogens is 2. The first-order valence-corrected chi connectivity index (χ1v) is 11.1. The smallest absolute Gasteiger partial charge is 0.330 e. The van der Waals surface area contributed by atoms with Gasteiger partial charge in [-0.15, -0.1) is 0 Å². The molecule has 1 saturated heterocycles. The Morgan fingerprint density at radius 2 is 2.08 bits per heavy atom. The largest absolute Gasteiger partial charge is 0.414 e. The summed E-state index contributed by atoms with van der Waals surface area (Å²) in [5.74, 6) is 0. The van der Waals surface area contributed by atoms with E-state index in [4.69, 9.17) is 9.16 Å². The average Bonchev–Trinajstić information content (AvgIpc) is 2.82. The number of rotatable bonds is 5. The molecule has 142 valence electrons. The number of hydrogen-bond acceptors (Lipinski definition) is 4. The minimum atomic E-state index is -2.16. The van der Waals surface area contributed by atoms with E-state index in [1.807, 2.05) is 18.1 Å². The maximum absolute atomic E-state index is 14.5. The lowest BCUT2D eigenvalue weighted by Gasteiger charge is -2.39. The molecule has 0 unspecified atom stereocenters. The van der Waals surface area contributed by atoms with Gasteiger partial charge in [-0.05, 0) is 18.1 Å². The molecule has 1 aliphatic rings. The van der Waals surface area contributed by atoms with Crippen molar-refractivity contribution in [3.8, 4) is 0 Å². The predicted octanol–water partition coefficient (Wildman–Crippen LogP) is 2.52. The van der Waals surface area contributed by atoms with Crippen molar-refractivity contribution < 1.29 is 17.9 Å². The number of nitrogens with one attached hydrogen (secondary N) is 1. The van der Waals surface area contributed by atoms with Crippen molar-refractivity contribution in [3.63, 3.8) is 0 Å². The van der Waals surface area contributed by atoms with E-state index in [2.05, 4.69) is 20.8 Å². The van der Waals surface area contributed by atoms with Crippen molar-refractivity contribution in [2.45, 2.75) is 63.3 Å². The zero-order valence-corrected chi connectivity index (χ0v) is 16.3. The Kier molecular flexibility index (Phi) is 5.41. The summed E-state index contributed by atoms with van der Waals surface area (Å²) in [5.41, 5.74) is -2.82. The summed E-state index contributed by atoms with van der Waals surface area (Å²) in [4.78, 5) is 25.1. The molecule has 0 bridgehead atoms. The molecule has 1 aromatic rings. The molecule has 2 heterocycles. The van der Waals surface area contributed by atoms with Crippen molar-refractivity contribution in [2.75, 3.05) is 13.3 Å². The summed E-state index contributed by atoms with van der Waals surface area (Å²) in [5, 5.41) is -0.0759. The van der Waals surface area contributed by atoms with E-state index in [1.165, 1.54) is 0 Å². The zero-order valence-electron chi connectivity index (χ0n) is 15.3. The number of alkyl halides is 2. The van der Waals surface area contributed by atoms with Crippen LogP contribution in [0.5, 0.6) is 0 Å². The van der Waals surface area contributed by atoms with Crippen LogP contribution in [0, 0.1) is 0 Å². The Labute approximate surface area is 146 Å². The van der Waals surface area contributed by atoms with Gasteiger partial charge in [-0.25, -0.2) is 13.6 Å². The first kappa shape index (κ1) is 20.0. The highest BCUT2D eigenvalue weighted by Crippen LogP contribution is 2.42. The summed E-state index contributed by atoms with van der Waals surface area (Å²) < 4.78 is 40.8. The number of halogens is 2. The molecule has 1 fully saturated rings. The van der Waals surface area contributed by atoms with Gasteiger partial charge in [0.25, 0.3) is 5.56 Å². The number of H-pyrrole nitrogens is 1. The van der Waals surface area contributed by atoms with E-state index >= 15 is 0 Å². The summed E-state index contributed by atoms with van der Waals surface area (Å²) in [7, 11) is -2.16. The van der Waals surface area contributed by atoms with Crippen molar-refractivity contribution in [1.29, 1.82) is 0 Å². The fourth-order valence-electron chi connectivity index (χ4n) is 2.44. The Morgan fingerprint density at radius 1 is 1.44 bits per heavy atom. The van der Waals surface area contributed by atoms with Gasteiger partial charge in [0, 0.05) is 18.7 Å². The second kappa shape index (κ2) is 6.77. The monoisotopic (exact) mass is 376 g/mol. The van der Waals surface area contributed by atoms with E-state index in [0.717, 1.165) is 16.8 Å². The van der Waals surface area contributed by atoms with Crippen molar-refractivity contribution in [1.82, 2.24) is 9.55 Å². The minimum absolute atomic E-state index is 0.0744. The molecule has 25 heavy (non-hydrogen) atoms. The van der Waals surface area contributed by atoms with Crippen LogP contribution in [0.3, 0.4) is 0 Å². The number of nitrogens with zero attached hydrogens (tertiary/aromatic N) is 1. The van der Waals surface area contributed by atoms with Crippen molar-refractivity contribution >= 4 is 8.32 Å². The van der Waals surface area contributed by atoms with Crippen LogP contribution in [0.15, 0.2) is 21.9 Å². The summed E-state index contributed by atoms with van der Waals surface area (Å²) in [6.45, 7) is 9.20. The lowest BCUT2D eigenvalue weighted by Crippen LogP contribution is -2.47. The van der Waals surface area contributed by atoms with Crippen molar-refractivity contribution in [2.24, 2.45) is 0 Å². The molecule has 1 aromatic heterocycles. The first-order valence-electron chi connectivity index (χ1n) is 8.24. The van der Waals surface area contributed by atoms with Gasteiger partial charge in [-0.1, -0.05) is 20.8 Å². The molecule has 0 amide bonds. The van der Waals surface area contributed by atoms with Gasteiger partial charge in [0.1, 0.15) is 18.4 Å². The highest BCUT2D eigenvalue weighted by atomic mass is 28.4.